The van der Waals surface area contributed by atoms with Crippen molar-refractivity contribution in [2.45, 2.75) is 21.4 Å². The van der Waals surface area contributed by atoms with Crippen molar-refractivity contribution in [1.82, 2.24) is 19.5 Å². The molecule has 0 saturated heterocycles. The van der Waals surface area contributed by atoms with E-state index in [0.29, 0.717) is 22.4 Å². The van der Waals surface area contributed by atoms with Gasteiger partial charge in [-0.3, -0.25) is 0 Å². The van der Waals surface area contributed by atoms with Crippen molar-refractivity contribution < 1.29 is 8.42 Å². The van der Waals surface area contributed by atoms with Crippen molar-refractivity contribution in [2.75, 3.05) is 20.4 Å². The Kier molecular flexibility index (Phi) is 5.06. The van der Waals surface area contributed by atoms with Crippen molar-refractivity contribution >= 4 is 38.8 Å². The number of thioether (sulfide) groups is 1. The summed E-state index contributed by atoms with van der Waals surface area (Å²) in [4.78, 5) is 6.75. The highest BCUT2D eigenvalue weighted by Crippen LogP contribution is 2.33. The molecule has 0 fully saturated rings. The number of halogens is 1. The van der Waals surface area contributed by atoms with Crippen LogP contribution in [0, 0.1) is 0 Å². The number of rotatable bonds is 5. The maximum absolute atomic E-state index is 13.2. The first-order chi connectivity index (χ1) is 11.8. The van der Waals surface area contributed by atoms with E-state index in [1.165, 1.54) is 16.3 Å². The summed E-state index contributed by atoms with van der Waals surface area (Å²) < 4.78 is 27.7. The van der Waals surface area contributed by atoms with E-state index in [-0.39, 0.29) is 15.4 Å². The Labute approximate surface area is 155 Å². The first-order valence-electron chi connectivity index (χ1n) is 7.41. The first-order valence-corrected chi connectivity index (χ1v) is 10.5. The van der Waals surface area contributed by atoms with E-state index in [0.717, 1.165) is 0 Å². The normalized spacial score (nSPS) is 12.2. The predicted molar refractivity (Wildman–Crippen MR) is 99.1 cm³/mol. The second kappa shape index (κ2) is 6.95. The molecule has 132 valence electrons. The molecule has 0 aliphatic heterocycles. The number of sulfone groups is 1. The van der Waals surface area contributed by atoms with E-state index in [4.69, 9.17) is 11.6 Å². The number of nitrogens with zero attached hydrogens (tertiary/aromatic N) is 4. The van der Waals surface area contributed by atoms with Gasteiger partial charge in [0.25, 0.3) is 0 Å². The van der Waals surface area contributed by atoms with Crippen LogP contribution in [0.4, 0.5) is 0 Å². The fourth-order valence-corrected chi connectivity index (χ4v) is 5.14. The Balaban J connectivity index is 2.31. The Hall–Kier alpha value is -1.61. The van der Waals surface area contributed by atoms with Gasteiger partial charge in [-0.25, -0.2) is 17.9 Å². The first kappa shape index (κ1) is 18.2. The summed E-state index contributed by atoms with van der Waals surface area (Å²) >= 11 is 7.57. The Morgan fingerprint density at radius 2 is 1.92 bits per heavy atom. The van der Waals surface area contributed by atoms with Crippen LogP contribution in [0.15, 0.2) is 51.2 Å². The summed E-state index contributed by atoms with van der Waals surface area (Å²) in [5.74, 6) is 0. The highest BCUT2D eigenvalue weighted by molar-refractivity contribution is 7.99. The topological polar surface area (TPSA) is 67.6 Å². The second-order valence-corrected chi connectivity index (χ2v) is 8.77. The van der Waals surface area contributed by atoms with Gasteiger partial charge in [0, 0.05) is 6.54 Å². The third kappa shape index (κ3) is 3.39. The molecule has 0 aliphatic carbocycles. The maximum atomic E-state index is 13.2. The number of fused-ring (bicyclic) bond motifs is 1. The van der Waals surface area contributed by atoms with Crippen LogP contribution in [0.5, 0.6) is 0 Å². The van der Waals surface area contributed by atoms with E-state index in [1.807, 2.05) is 19.0 Å². The zero-order valence-electron chi connectivity index (χ0n) is 14.0. The lowest BCUT2D eigenvalue weighted by molar-refractivity contribution is 0.397. The maximum Gasteiger partial charge on any atom is 0.213 e. The van der Waals surface area contributed by atoms with Crippen LogP contribution >= 0.6 is 23.4 Å². The fraction of sp³-hybridized carbons (Fsp3) is 0.250. The number of aromatic nitrogens is 3. The third-order valence-corrected chi connectivity index (χ3v) is 6.40. The molecule has 0 N–H and O–H groups in total. The van der Waals surface area contributed by atoms with E-state index in [2.05, 4.69) is 10.1 Å². The largest absolute Gasteiger partial charge is 0.304 e. The molecule has 0 amide bonds. The SMILES string of the molecule is CSc1nn2c(Cl)cc(CN(C)C)nc2c1S(=O)(=O)c1ccccc1. The molecule has 25 heavy (non-hydrogen) atoms. The minimum absolute atomic E-state index is 0.0914. The van der Waals surface area contributed by atoms with Gasteiger partial charge < -0.3 is 4.90 Å². The Morgan fingerprint density at radius 3 is 2.52 bits per heavy atom. The summed E-state index contributed by atoms with van der Waals surface area (Å²) in [6, 6.07) is 9.98. The van der Waals surface area contributed by atoms with Crippen LogP contribution in [0.2, 0.25) is 5.15 Å². The highest BCUT2D eigenvalue weighted by atomic mass is 35.5. The van der Waals surface area contributed by atoms with Crippen LogP contribution in [0.25, 0.3) is 5.65 Å². The van der Waals surface area contributed by atoms with Gasteiger partial charge in [0.2, 0.25) is 9.84 Å². The minimum atomic E-state index is -3.77. The monoisotopic (exact) mass is 396 g/mol. The molecule has 2 aromatic heterocycles. The average Bonchev–Trinajstić information content (AvgIpc) is 2.95. The van der Waals surface area contributed by atoms with Crippen LogP contribution in [-0.2, 0) is 16.4 Å². The molecule has 0 atom stereocenters. The van der Waals surface area contributed by atoms with Gasteiger partial charge in [-0.2, -0.15) is 5.10 Å². The van der Waals surface area contributed by atoms with Gasteiger partial charge in [0.1, 0.15) is 10.2 Å². The summed E-state index contributed by atoms with van der Waals surface area (Å²) in [5, 5.41) is 5.04. The molecule has 0 bridgehead atoms. The Morgan fingerprint density at radius 1 is 1.24 bits per heavy atom. The number of hydrogen-bond acceptors (Lipinski definition) is 6. The van der Waals surface area contributed by atoms with E-state index in [1.54, 1.807) is 42.7 Å². The molecule has 0 spiro atoms. The molecule has 3 aromatic rings. The lowest BCUT2D eigenvalue weighted by Crippen LogP contribution is -2.13. The Bertz CT molecular complexity index is 1020. The predicted octanol–water partition coefficient (Wildman–Crippen LogP) is 3.00. The van der Waals surface area contributed by atoms with Gasteiger partial charge in [-0.1, -0.05) is 29.8 Å². The quantitative estimate of drug-likeness (QED) is 0.488. The number of benzene rings is 1. The van der Waals surface area contributed by atoms with Gasteiger partial charge in [-0.15, -0.1) is 11.8 Å². The van der Waals surface area contributed by atoms with Gasteiger partial charge in [-0.05, 0) is 38.6 Å². The molecule has 0 radical (unpaired) electrons. The molecule has 9 heteroatoms. The van der Waals surface area contributed by atoms with Crippen molar-refractivity contribution in [2.24, 2.45) is 0 Å². The van der Waals surface area contributed by atoms with Crippen molar-refractivity contribution in [3.05, 3.63) is 47.2 Å². The molecule has 2 heterocycles. The highest BCUT2D eigenvalue weighted by Gasteiger charge is 2.29. The zero-order valence-corrected chi connectivity index (χ0v) is 16.4. The van der Waals surface area contributed by atoms with Crippen LogP contribution in [0.1, 0.15) is 5.69 Å². The van der Waals surface area contributed by atoms with Gasteiger partial charge >= 0.3 is 0 Å². The molecular weight excluding hydrogens is 380 g/mol. The summed E-state index contributed by atoms with van der Waals surface area (Å²) in [7, 11) is 0.0498. The van der Waals surface area contributed by atoms with Crippen molar-refractivity contribution in [3.8, 4) is 0 Å². The molecule has 3 rings (SSSR count). The smallest absolute Gasteiger partial charge is 0.213 e. The molecule has 0 saturated carbocycles. The standard InChI is InChI=1S/C16H17ClN4O2S2/c1-20(2)10-11-9-13(17)21-15(18-11)14(16(19-21)24-3)25(22,23)12-7-5-4-6-8-12/h4-9H,10H2,1-3H3. The number of hydrogen-bond donors (Lipinski definition) is 0. The van der Waals surface area contributed by atoms with Crippen molar-refractivity contribution in [3.63, 3.8) is 0 Å². The zero-order chi connectivity index (χ0) is 18.2. The third-order valence-electron chi connectivity index (χ3n) is 3.52. The molecule has 0 aliphatic rings. The second-order valence-electron chi connectivity index (χ2n) is 5.70. The van der Waals surface area contributed by atoms with Crippen LogP contribution in [-0.4, -0.2) is 48.3 Å². The van der Waals surface area contributed by atoms with Crippen LogP contribution < -0.4 is 0 Å². The summed E-state index contributed by atoms with van der Waals surface area (Å²) in [6.07, 6.45) is 1.78. The lowest BCUT2D eigenvalue weighted by atomic mass is 10.4. The average molecular weight is 397 g/mol. The van der Waals surface area contributed by atoms with E-state index in [9.17, 15) is 8.42 Å². The fourth-order valence-electron chi connectivity index (χ4n) is 2.48. The van der Waals surface area contributed by atoms with Gasteiger partial charge in [0.15, 0.2) is 10.5 Å². The molecular formula is C16H17ClN4O2S2. The molecule has 6 nitrogen and oxygen atoms in total. The van der Waals surface area contributed by atoms with Gasteiger partial charge in [0.05, 0.1) is 10.6 Å². The van der Waals surface area contributed by atoms with E-state index < -0.39 is 9.84 Å². The summed E-state index contributed by atoms with van der Waals surface area (Å²) in [6.45, 7) is 0.542. The van der Waals surface area contributed by atoms with Crippen LogP contribution in [0.3, 0.4) is 0 Å². The molecule has 1 aromatic carbocycles. The molecule has 0 unspecified atom stereocenters. The summed E-state index contributed by atoms with van der Waals surface area (Å²) in [5.41, 5.74) is 0.928. The minimum Gasteiger partial charge on any atom is -0.304 e. The lowest BCUT2D eigenvalue weighted by Gasteiger charge is -2.10. The van der Waals surface area contributed by atoms with E-state index >= 15 is 0 Å². The van der Waals surface area contributed by atoms with Crippen molar-refractivity contribution in [1.29, 1.82) is 0 Å².